The second kappa shape index (κ2) is 9.39. The van der Waals surface area contributed by atoms with Crippen LogP contribution in [0.2, 0.25) is 5.02 Å². The molecule has 1 saturated heterocycles. The van der Waals surface area contributed by atoms with Gasteiger partial charge in [0.2, 0.25) is 5.91 Å². The summed E-state index contributed by atoms with van der Waals surface area (Å²) in [5, 5.41) is 3.37. The number of nitrogens with zero attached hydrogens (tertiary/aromatic N) is 1. The molecule has 0 bridgehead atoms. The van der Waals surface area contributed by atoms with Gasteiger partial charge in [-0.1, -0.05) is 27.5 Å². The maximum Gasteiger partial charge on any atom is 0.255 e. The van der Waals surface area contributed by atoms with Crippen molar-refractivity contribution >= 4 is 39.3 Å². The smallest absolute Gasteiger partial charge is 0.255 e. The molecule has 24 heavy (non-hydrogen) atoms. The number of hydrogen-bond acceptors (Lipinski definition) is 3. The van der Waals surface area contributed by atoms with E-state index in [4.69, 9.17) is 16.3 Å². The van der Waals surface area contributed by atoms with Crippen LogP contribution in [0.25, 0.3) is 0 Å². The first kappa shape index (κ1) is 19.2. The number of benzene rings is 1. The summed E-state index contributed by atoms with van der Waals surface area (Å²) in [6, 6.07) is 5.25. The number of methoxy groups -OCH3 is 1. The zero-order chi connectivity index (χ0) is 17.5. The number of rotatable bonds is 6. The molecule has 0 atom stereocenters. The Hall–Kier alpha value is -1.11. The highest BCUT2D eigenvalue weighted by atomic mass is 79.9. The molecule has 2 amide bonds. The fourth-order valence-corrected chi connectivity index (χ4v) is 3.50. The molecule has 2 rings (SSSR count). The van der Waals surface area contributed by atoms with E-state index in [9.17, 15) is 9.59 Å². The zero-order valence-corrected chi connectivity index (χ0v) is 16.0. The fourth-order valence-electron chi connectivity index (χ4n) is 2.75. The number of ether oxygens (including phenoxy) is 1. The van der Waals surface area contributed by atoms with E-state index in [1.54, 1.807) is 30.2 Å². The largest absolute Gasteiger partial charge is 0.385 e. The van der Waals surface area contributed by atoms with Crippen LogP contribution in [-0.2, 0) is 9.53 Å². The molecule has 1 fully saturated rings. The summed E-state index contributed by atoms with van der Waals surface area (Å²) in [4.78, 5) is 26.4. The maximum atomic E-state index is 12.6. The normalized spacial score (nSPS) is 15.4. The number of likely N-dealkylation sites (tertiary alicyclic amines) is 1. The molecule has 7 heteroatoms. The standard InChI is InChI=1S/C17H22BrClN2O3/c1-24-10-2-7-20-16(22)12-5-8-21(9-6-12)17(23)14-4-3-13(18)11-15(14)19/h3-4,11-12H,2,5-10H2,1H3,(H,20,22). The van der Waals surface area contributed by atoms with E-state index in [-0.39, 0.29) is 17.7 Å². The zero-order valence-electron chi connectivity index (χ0n) is 13.7. The lowest BCUT2D eigenvalue weighted by atomic mass is 9.95. The first-order valence-electron chi connectivity index (χ1n) is 8.04. The third kappa shape index (κ3) is 5.19. The van der Waals surface area contributed by atoms with Gasteiger partial charge in [0, 0.05) is 43.7 Å². The van der Waals surface area contributed by atoms with Crippen LogP contribution in [0.1, 0.15) is 29.6 Å². The Labute approximate surface area is 155 Å². The van der Waals surface area contributed by atoms with Crippen LogP contribution >= 0.6 is 27.5 Å². The van der Waals surface area contributed by atoms with E-state index in [2.05, 4.69) is 21.2 Å². The lowest BCUT2D eigenvalue weighted by molar-refractivity contribution is -0.126. The van der Waals surface area contributed by atoms with Gasteiger partial charge >= 0.3 is 0 Å². The predicted molar refractivity (Wildman–Crippen MR) is 97.3 cm³/mol. The number of carbonyl (C=O) groups excluding carboxylic acids is 2. The van der Waals surface area contributed by atoms with Crippen molar-refractivity contribution in [2.45, 2.75) is 19.3 Å². The molecule has 0 aliphatic carbocycles. The Bertz CT molecular complexity index is 589. The van der Waals surface area contributed by atoms with Gasteiger partial charge < -0.3 is 15.0 Å². The van der Waals surface area contributed by atoms with Crippen LogP contribution in [0.5, 0.6) is 0 Å². The summed E-state index contributed by atoms with van der Waals surface area (Å²) in [6.45, 7) is 2.41. The number of nitrogens with one attached hydrogen (secondary N) is 1. The van der Waals surface area contributed by atoms with Crippen molar-refractivity contribution in [3.63, 3.8) is 0 Å². The molecule has 1 aromatic rings. The molecule has 132 valence electrons. The average Bonchev–Trinajstić information content (AvgIpc) is 2.58. The van der Waals surface area contributed by atoms with Crippen LogP contribution in [0.3, 0.4) is 0 Å². The topological polar surface area (TPSA) is 58.6 Å². The van der Waals surface area contributed by atoms with Crippen LogP contribution in [-0.4, -0.2) is 50.1 Å². The van der Waals surface area contributed by atoms with Crippen molar-refractivity contribution in [2.75, 3.05) is 33.4 Å². The quantitative estimate of drug-likeness (QED) is 0.724. The van der Waals surface area contributed by atoms with Crippen LogP contribution in [0, 0.1) is 5.92 Å². The van der Waals surface area contributed by atoms with Gasteiger partial charge in [0.05, 0.1) is 10.6 Å². The molecule has 1 N–H and O–H groups in total. The first-order chi connectivity index (χ1) is 11.5. The number of hydrogen-bond donors (Lipinski definition) is 1. The molecule has 0 unspecified atom stereocenters. The minimum Gasteiger partial charge on any atom is -0.385 e. The van der Waals surface area contributed by atoms with Crippen molar-refractivity contribution < 1.29 is 14.3 Å². The van der Waals surface area contributed by atoms with Crippen molar-refractivity contribution in [1.82, 2.24) is 10.2 Å². The van der Waals surface area contributed by atoms with Gasteiger partial charge in [-0.05, 0) is 37.5 Å². The summed E-state index contributed by atoms with van der Waals surface area (Å²) >= 11 is 9.49. The fraction of sp³-hybridized carbons (Fsp3) is 0.529. The Kier molecular flexibility index (Phi) is 7.52. The number of piperidine rings is 1. The van der Waals surface area contributed by atoms with Crippen molar-refractivity contribution in [3.8, 4) is 0 Å². The first-order valence-corrected chi connectivity index (χ1v) is 9.21. The summed E-state index contributed by atoms with van der Waals surface area (Å²) in [6.07, 6.45) is 2.16. The molecule has 5 nitrogen and oxygen atoms in total. The van der Waals surface area contributed by atoms with Gasteiger partial charge in [0.15, 0.2) is 0 Å². The maximum absolute atomic E-state index is 12.6. The molecule has 1 aliphatic rings. The monoisotopic (exact) mass is 416 g/mol. The second-order valence-electron chi connectivity index (χ2n) is 5.83. The number of halogens is 2. The van der Waals surface area contributed by atoms with Gasteiger partial charge in [-0.15, -0.1) is 0 Å². The highest BCUT2D eigenvalue weighted by Crippen LogP contribution is 2.25. The molecule has 1 heterocycles. The van der Waals surface area contributed by atoms with Crippen molar-refractivity contribution in [1.29, 1.82) is 0 Å². The highest BCUT2D eigenvalue weighted by Gasteiger charge is 2.28. The van der Waals surface area contributed by atoms with Crippen LogP contribution in [0.15, 0.2) is 22.7 Å². The Morgan fingerprint density at radius 1 is 1.38 bits per heavy atom. The van der Waals surface area contributed by atoms with Gasteiger partial charge in [0.1, 0.15) is 0 Å². The Balaban J connectivity index is 1.83. The minimum atomic E-state index is -0.0774. The van der Waals surface area contributed by atoms with Crippen LogP contribution in [0.4, 0.5) is 0 Å². The highest BCUT2D eigenvalue weighted by molar-refractivity contribution is 9.10. The Morgan fingerprint density at radius 3 is 2.71 bits per heavy atom. The summed E-state index contributed by atoms with van der Waals surface area (Å²) in [5.41, 5.74) is 0.502. The number of amides is 2. The molecular formula is C17H22BrClN2O3. The van der Waals surface area contributed by atoms with E-state index >= 15 is 0 Å². The molecule has 0 radical (unpaired) electrons. The van der Waals surface area contributed by atoms with E-state index in [1.807, 2.05) is 0 Å². The molecule has 1 aromatic carbocycles. The van der Waals surface area contributed by atoms with E-state index < -0.39 is 0 Å². The van der Waals surface area contributed by atoms with E-state index in [0.29, 0.717) is 49.7 Å². The molecule has 0 saturated carbocycles. The molecule has 0 aromatic heterocycles. The van der Waals surface area contributed by atoms with E-state index in [1.165, 1.54) is 0 Å². The second-order valence-corrected chi connectivity index (χ2v) is 7.15. The SMILES string of the molecule is COCCCNC(=O)C1CCN(C(=O)c2ccc(Br)cc2Cl)CC1. The predicted octanol–water partition coefficient (Wildman–Crippen LogP) is 3.11. The summed E-state index contributed by atoms with van der Waals surface area (Å²) in [7, 11) is 1.65. The van der Waals surface area contributed by atoms with Crippen molar-refractivity contribution in [3.05, 3.63) is 33.3 Å². The minimum absolute atomic E-state index is 0.0306. The average molecular weight is 418 g/mol. The molecule has 0 spiro atoms. The summed E-state index contributed by atoms with van der Waals surface area (Å²) < 4.78 is 5.80. The Morgan fingerprint density at radius 2 is 2.08 bits per heavy atom. The van der Waals surface area contributed by atoms with Crippen LogP contribution < -0.4 is 5.32 Å². The van der Waals surface area contributed by atoms with Gasteiger partial charge in [-0.2, -0.15) is 0 Å². The van der Waals surface area contributed by atoms with Gasteiger partial charge in [-0.3, -0.25) is 9.59 Å². The van der Waals surface area contributed by atoms with E-state index in [0.717, 1.165) is 10.9 Å². The van der Waals surface area contributed by atoms with Crippen molar-refractivity contribution in [2.24, 2.45) is 5.92 Å². The summed E-state index contributed by atoms with van der Waals surface area (Å²) in [5.74, 6) is -0.0386. The third-order valence-electron chi connectivity index (χ3n) is 4.14. The lowest BCUT2D eigenvalue weighted by Gasteiger charge is -2.31. The van der Waals surface area contributed by atoms with Gasteiger partial charge in [0.25, 0.3) is 5.91 Å². The third-order valence-corrected chi connectivity index (χ3v) is 4.94. The van der Waals surface area contributed by atoms with Gasteiger partial charge in [-0.25, -0.2) is 0 Å². The lowest BCUT2D eigenvalue weighted by Crippen LogP contribution is -2.43. The molecular weight excluding hydrogens is 396 g/mol. The molecule has 1 aliphatic heterocycles. The number of carbonyl (C=O) groups is 2.